The number of aliphatic hydroxyl groups excluding tert-OH is 5. The lowest BCUT2D eigenvalue weighted by molar-refractivity contribution is -0.124. The number of hydroxylamine groups is 1. The van der Waals surface area contributed by atoms with Crippen LogP contribution in [0.3, 0.4) is 0 Å². The van der Waals surface area contributed by atoms with Crippen molar-refractivity contribution in [3.63, 3.8) is 0 Å². The van der Waals surface area contributed by atoms with E-state index in [1.165, 1.54) is 6.08 Å². The minimum atomic E-state index is -1.71. The van der Waals surface area contributed by atoms with Gasteiger partial charge < -0.3 is 30.1 Å². The molecule has 0 radical (unpaired) electrons. The molecule has 4 rings (SSSR count). The minimum absolute atomic E-state index is 0.00810. The zero-order valence-corrected chi connectivity index (χ0v) is 21.9. The van der Waals surface area contributed by atoms with Gasteiger partial charge in [0.15, 0.2) is 0 Å². The van der Waals surface area contributed by atoms with Crippen molar-refractivity contribution < 1.29 is 35.5 Å². The van der Waals surface area contributed by atoms with E-state index in [4.69, 9.17) is 10.3 Å². The molecule has 10 nitrogen and oxygen atoms in total. The van der Waals surface area contributed by atoms with Crippen molar-refractivity contribution >= 4 is 33.8 Å². The molecule has 3 aromatic carbocycles. The molecule has 0 saturated carbocycles. The number of carbonyl (C=O) groups is 1. The van der Waals surface area contributed by atoms with Gasteiger partial charge in [-0.2, -0.15) is 0 Å². The number of hydrogen-bond acceptors (Lipinski definition) is 8. The first-order valence-corrected chi connectivity index (χ1v) is 13.0. The summed E-state index contributed by atoms with van der Waals surface area (Å²) in [5, 5.41) is 61.1. The Balaban J connectivity index is 1.56. The highest BCUT2D eigenvalue weighted by atomic mass is 16.5. The van der Waals surface area contributed by atoms with Crippen molar-refractivity contribution in [1.82, 2.24) is 14.9 Å². The fraction of sp³-hybridized carbons (Fsp3) is 0.300. The molecule has 0 saturated heterocycles. The van der Waals surface area contributed by atoms with Crippen molar-refractivity contribution in [3.8, 4) is 0 Å². The van der Waals surface area contributed by atoms with E-state index in [-0.39, 0.29) is 6.54 Å². The molecule has 0 spiro atoms. The van der Waals surface area contributed by atoms with Crippen LogP contribution in [0.5, 0.6) is 0 Å². The van der Waals surface area contributed by atoms with Crippen molar-refractivity contribution in [2.45, 2.75) is 37.5 Å². The molecular weight excluding hydrogens is 514 g/mol. The number of aromatic nitrogens is 1. The number of nitrogens with one attached hydrogen (secondary N) is 1. The molecular formula is C30H35N3O7. The second-order valence-corrected chi connectivity index (χ2v) is 9.77. The summed E-state index contributed by atoms with van der Waals surface area (Å²) in [5.74, 6) is -0.638. The molecule has 7 N–H and O–H groups in total. The summed E-state index contributed by atoms with van der Waals surface area (Å²) in [6, 6.07) is 23.7. The molecule has 1 aromatic heterocycles. The van der Waals surface area contributed by atoms with Gasteiger partial charge in [-0.15, -0.1) is 0 Å². The first-order chi connectivity index (χ1) is 19.3. The van der Waals surface area contributed by atoms with Gasteiger partial charge in [0.1, 0.15) is 18.3 Å². The monoisotopic (exact) mass is 549 g/mol. The van der Waals surface area contributed by atoms with Crippen molar-refractivity contribution in [2.24, 2.45) is 0 Å². The standard InChI is InChI=1S/C30H35N3O7/c34-19-27(36)30(39)29(38)26(35)18-32(17-21-11-9-20(10-12-21)13-14-28(37)31-40)15-16-33-24-7-3-1-5-22(24)23-6-2-4-8-25(23)33/h1-14,26-27,29-30,34-36,38-40H,15-19H2,(H,31,37)/b14-13+/t26-,27+,29+,30+/m0/s1. The predicted octanol–water partition coefficient (Wildman–Crippen LogP) is 1.25. The quantitative estimate of drug-likeness (QED) is 0.0746. The molecule has 40 heavy (non-hydrogen) atoms. The minimum Gasteiger partial charge on any atom is -0.394 e. The normalized spacial score (nSPS) is 15.1. The van der Waals surface area contributed by atoms with Crippen LogP contribution in [0.4, 0.5) is 0 Å². The maximum absolute atomic E-state index is 11.2. The van der Waals surface area contributed by atoms with E-state index < -0.39 is 36.9 Å². The number of rotatable bonds is 13. The molecule has 4 aromatic rings. The average molecular weight is 550 g/mol. The third-order valence-corrected chi connectivity index (χ3v) is 7.01. The molecule has 0 unspecified atom stereocenters. The van der Waals surface area contributed by atoms with Gasteiger partial charge in [0.2, 0.25) is 0 Å². The van der Waals surface area contributed by atoms with Crippen LogP contribution in [0.2, 0.25) is 0 Å². The molecule has 1 amide bonds. The molecule has 0 aliphatic carbocycles. The molecule has 4 atom stereocenters. The molecule has 212 valence electrons. The van der Waals surface area contributed by atoms with E-state index in [9.17, 15) is 25.2 Å². The average Bonchev–Trinajstić information content (AvgIpc) is 3.31. The van der Waals surface area contributed by atoms with E-state index in [2.05, 4.69) is 28.8 Å². The first kappa shape index (κ1) is 29.4. The van der Waals surface area contributed by atoms with E-state index >= 15 is 0 Å². The van der Waals surface area contributed by atoms with Gasteiger partial charge in [0.25, 0.3) is 5.91 Å². The van der Waals surface area contributed by atoms with Gasteiger partial charge in [0.05, 0.1) is 12.7 Å². The molecule has 0 aliphatic heterocycles. The number of benzene rings is 3. The van der Waals surface area contributed by atoms with Crippen molar-refractivity contribution in [1.29, 1.82) is 0 Å². The lowest BCUT2D eigenvalue weighted by Crippen LogP contribution is -2.49. The summed E-state index contributed by atoms with van der Waals surface area (Å²) in [5.41, 5.74) is 5.35. The van der Waals surface area contributed by atoms with Crippen LogP contribution in [0, 0.1) is 0 Å². The second kappa shape index (κ2) is 13.6. The first-order valence-electron chi connectivity index (χ1n) is 13.0. The number of amides is 1. The van der Waals surface area contributed by atoms with Gasteiger partial charge in [-0.25, -0.2) is 5.48 Å². The van der Waals surface area contributed by atoms with Crippen LogP contribution >= 0.6 is 0 Å². The van der Waals surface area contributed by atoms with Crippen LogP contribution in [0.25, 0.3) is 27.9 Å². The van der Waals surface area contributed by atoms with Crippen LogP contribution in [-0.4, -0.2) is 90.2 Å². The van der Waals surface area contributed by atoms with Gasteiger partial charge >= 0.3 is 0 Å². The number of para-hydroxylation sites is 2. The van der Waals surface area contributed by atoms with Gasteiger partial charge in [0, 0.05) is 54.1 Å². The predicted molar refractivity (Wildman–Crippen MR) is 151 cm³/mol. The van der Waals surface area contributed by atoms with E-state index in [0.29, 0.717) is 19.6 Å². The maximum atomic E-state index is 11.2. The summed E-state index contributed by atoms with van der Waals surface area (Å²) in [6.45, 7) is 0.717. The third-order valence-electron chi connectivity index (χ3n) is 7.01. The number of hydrogen-bond donors (Lipinski definition) is 7. The Bertz CT molecular complexity index is 1380. The lowest BCUT2D eigenvalue weighted by Gasteiger charge is -2.30. The fourth-order valence-corrected chi connectivity index (χ4v) is 4.86. The summed E-state index contributed by atoms with van der Waals surface area (Å²) in [4.78, 5) is 13.2. The van der Waals surface area contributed by atoms with Crippen molar-refractivity contribution in [2.75, 3.05) is 19.7 Å². The molecule has 0 aliphatic rings. The topological polar surface area (TPSA) is 159 Å². The second-order valence-electron chi connectivity index (χ2n) is 9.77. The number of nitrogens with zero attached hydrogens (tertiary/aromatic N) is 2. The molecule has 10 heteroatoms. The Labute approximate surface area is 231 Å². The highest BCUT2D eigenvalue weighted by Gasteiger charge is 2.31. The lowest BCUT2D eigenvalue weighted by atomic mass is 10.0. The largest absolute Gasteiger partial charge is 0.394 e. The van der Waals surface area contributed by atoms with Gasteiger partial charge in [-0.05, 0) is 29.3 Å². The van der Waals surface area contributed by atoms with Crippen LogP contribution in [-0.2, 0) is 17.9 Å². The van der Waals surface area contributed by atoms with Crippen LogP contribution in [0.1, 0.15) is 11.1 Å². The zero-order chi connectivity index (χ0) is 28.6. The Morgan fingerprint density at radius 2 is 1.43 bits per heavy atom. The highest BCUT2D eigenvalue weighted by Crippen LogP contribution is 2.28. The number of fused-ring (bicyclic) bond motifs is 3. The summed E-state index contributed by atoms with van der Waals surface area (Å²) < 4.78 is 2.21. The third kappa shape index (κ3) is 6.93. The SMILES string of the molecule is O=C(/C=C/c1ccc(CN(CCn2c3ccccc3c3ccccc32)C[C@H](O)[C@@H](O)[C@H](O)[C@H](O)CO)cc1)NO. The Morgan fingerprint density at radius 1 is 0.850 bits per heavy atom. The van der Waals surface area contributed by atoms with Gasteiger partial charge in [-0.1, -0.05) is 60.7 Å². The summed E-state index contributed by atoms with van der Waals surface area (Å²) in [6.07, 6.45) is -3.58. The Hall–Kier alpha value is -3.61. The van der Waals surface area contributed by atoms with Crippen LogP contribution in [0.15, 0.2) is 78.9 Å². The molecule has 0 bridgehead atoms. The van der Waals surface area contributed by atoms with Crippen LogP contribution < -0.4 is 5.48 Å². The fourth-order valence-electron chi connectivity index (χ4n) is 4.86. The number of carbonyl (C=O) groups excluding carboxylic acids is 1. The number of aliphatic hydroxyl groups is 5. The molecule has 1 heterocycles. The summed E-state index contributed by atoms with van der Waals surface area (Å²) in [7, 11) is 0. The van der Waals surface area contributed by atoms with E-state index in [1.807, 2.05) is 53.4 Å². The Kier molecular flexibility index (Phi) is 10.0. The maximum Gasteiger partial charge on any atom is 0.267 e. The Morgan fingerprint density at radius 3 is 2.00 bits per heavy atom. The summed E-state index contributed by atoms with van der Waals surface area (Å²) >= 11 is 0. The zero-order valence-electron chi connectivity index (χ0n) is 21.9. The van der Waals surface area contributed by atoms with E-state index in [0.717, 1.165) is 32.9 Å². The smallest absolute Gasteiger partial charge is 0.267 e. The highest BCUT2D eigenvalue weighted by molar-refractivity contribution is 6.07. The van der Waals surface area contributed by atoms with E-state index in [1.54, 1.807) is 11.6 Å². The van der Waals surface area contributed by atoms with Gasteiger partial charge in [-0.3, -0.25) is 14.9 Å². The van der Waals surface area contributed by atoms with Crippen molar-refractivity contribution in [3.05, 3.63) is 90.0 Å². The molecule has 0 fully saturated rings.